The Hall–Kier alpha value is -1.10. The summed E-state index contributed by atoms with van der Waals surface area (Å²) in [4.78, 5) is 32.6. The number of carbonyl (C=O) groups is 3. The molecule has 0 aromatic rings. The molecule has 0 aliphatic rings. The summed E-state index contributed by atoms with van der Waals surface area (Å²) >= 11 is 16.0. The van der Waals surface area contributed by atoms with Crippen LogP contribution in [0.1, 0.15) is 74.7 Å². The Bertz CT molecular complexity index is 537. The Labute approximate surface area is 216 Å². The van der Waals surface area contributed by atoms with Crippen molar-refractivity contribution < 1.29 is 19.5 Å². The molecule has 7 heteroatoms. The average molecular weight is 526 g/mol. The Morgan fingerprint density at radius 2 is 0.848 bits per heavy atom. The van der Waals surface area contributed by atoms with E-state index < -0.39 is 5.97 Å². The highest BCUT2D eigenvalue weighted by atomic mass is 35.5. The fraction of sp³-hybridized carbons (Fsp3) is 0.654. The maximum absolute atomic E-state index is 11.0. The van der Waals surface area contributed by atoms with Crippen LogP contribution in [0, 0.1) is 35.5 Å². The SMILES string of the molecule is CC(=O)C(C/C=C/Cl)C(C)C.CC(=O)C(C/C=C/Cl)C(C)C.CC(C)C(C/C=C/Cl)C(=O)O. The molecule has 0 bridgehead atoms. The minimum Gasteiger partial charge on any atom is -0.481 e. The van der Waals surface area contributed by atoms with E-state index >= 15 is 0 Å². The van der Waals surface area contributed by atoms with Gasteiger partial charge in [-0.2, -0.15) is 0 Å². The highest BCUT2D eigenvalue weighted by Gasteiger charge is 2.19. The zero-order chi connectivity index (χ0) is 26.6. The number of halogens is 3. The van der Waals surface area contributed by atoms with Crippen LogP contribution in [0.3, 0.4) is 0 Å². The first kappa shape index (κ1) is 36.5. The zero-order valence-electron chi connectivity index (χ0n) is 21.4. The van der Waals surface area contributed by atoms with Crippen molar-refractivity contribution in [1.29, 1.82) is 0 Å². The highest BCUT2D eigenvalue weighted by Crippen LogP contribution is 2.18. The smallest absolute Gasteiger partial charge is 0.307 e. The molecule has 0 saturated carbocycles. The zero-order valence-corrected chi connectivity index (χ0v) is 23.6. The topological polar surface area (TPSA) is 71.4 Å². The van der Waals surface area contributed by atoms with Crippen LogP contribution < -0.4 is 0 Å². The summed E-state index contributed by atoms with van der Waals surface area (Å²) in [6.07, 6.45) is 7.35. The van der Waals surface area contributed by atoms with Gasteiger partial charge in [0.15, 0.2) is 0 Å². The fourth-order valence-corrected chi connectivity index (χ4v) is 3.38. The van der Waals surface area contributed by atoms with Crippen molar-refractivity contribution in [2.75, 3.05) is 0 Å². The summed E-state index contributed by atoms with van der Waals surface area (Å²) in [5.41, 5.74) is 4.30. The van der Waals surface area contributed by atoms with Crippen LogP contribution in [0.15, 0.2) is 34.8 Å². The maximum atomic E-state index is 11.0. The van der Waals surface area contributed by atoms with E-state index in [1.165, 1.54) is 16.6 Å². The number of rotatable bonds is 12. The largest absolute Gasteiger partial charge is 0.481 e. The first-order chi connectivity index (χ1) is 15.3. The first-order valence-electron chi connectivity index (χ1n) is 11.3. The lowest BCUT2D eigenvalue weighted by atomic mass is 9.89. The standard InChI is InChI=1S/2C9H15ClO.C8H13ClO2/c2*1-7(2)9(8(3)11)5-4-6-10;1-6(2)7(8(10)11)4-3-5-9/h2*4,6-7,9H,5H2,1-3H3;3,5-7H,4H2,1-2H3,(H,10,11)/b2*6-4+;5-3+. The molecule has 192 valence electrons. The molecular formula is C26H43Cl3O4. The van der Waals surface area contributed by atoms with E-state index in [2.05, 4.69) is 0 Å². The second-order valence-corrected chi connectivity index (χ2v) is 9.66. The molecule has 0 radical (unpaired) electrons. The minimum atomic E-state index is -0.755. The van der Waals surface area contributed by atoms with Gasteiger partial charge in [-0.05, 0) is 50.9 Å². The number of carboxylic acids is 1. The molecule has 0 spiro atoms. The number of hydrogen-bond acceptors (Lipinski definition) is 3. The van der Waals surface area contributed by atoms with Gasteiger partial charge >= 0.3 is 5.97 Å². The van der Waals surface area contributed by atoms with Crippen LogP contribution >= 0.6 is 34.8 Å². The monoisotopic (exact) mass is 524 g/mol. The maximum Gasteiger partial charge on any atom is 0.307 e. The van der Waals surface area contributed by atoms with Crippen molar-refractivity contribution in [1.82, 2.24) is 0 Å². The summed E-state index contributed by atoms with van der Waals surface area (Å²) in [5.74, 6) is 0.639. The first-order valence-corrected chi connectivity index (χ1v) is 12.6. The molecular weight excluding hydrogens is 483 g/mol. The van der Waals surface area contributed by atoms with Gasteiger partial charge in [0.05, 0.1) is 5.92 Å². The van der Waals surface area contributed by atoms with E-state index in [4.69, 9.17) is 39.9 Å². The second kappa shape index (κ2) is 22.7. The van der Waals surface area contributed by atoms with Crippen LogP contribution in [0.2, 0.25) is 0 Å². The molecule has 0 aliphatic heterocycles. The summed E-state index contributed by atoms with van der Waals surface area (Å²) < 4.78 is 0. The van der Waals surface area contributed by atoms with Crippen LogP contribution in [-0.2, 0) is 14.4 Å². The van der Waals surface area contributed by atoms with Gasteiger partial charge in [-0.3, -0.25) is 14.4 Å². The molecule has 0 aromatic heterocycles. The van der Waals surface area contributed by atoms with Gasteiger partial charge in [0, 0.05) is 28.4 Å². The molecule has 0 aromatic carbocycles. The van der Waals surface area contributed by atoms with Gasteiger partial charge < -0.3 is 5.11 Å². The molecule has 0 aliphatic carbocycles. The van der Waals surface area contributed by atoms with Crippen LogP contribution in [0.25, 0.3) is 0 Å². The minimum absolute atomic E-state index is 0.130. The lowest BCUT2D eigenvalue weighted by Crippen LogP contribution is -2.18. The van der Waals surface area contributed by atoms with Crippen molar-refractivity contribution in [3.63, 3.8) is 0 Å². The third-order valence-electron chi connectivity index (χ3n) is 5.21. The van der Waals surface area contributed by atoms with Gasteiger partial charge in [0.25, 0.3) is 0 Å². The van der Waals surface area contributed by atoms with Crippen molar-refractivity contribution in [2.24, 2.45) is 35.5 Å². The number of aliphatic carboxylic acids is 1. The molecule has 0 fully saturated rings. The Kier molecular flexibility index (Phi) is 25.1. The summed E-state index contributed by atoms with van der Waals surface area (Å²) in [6, 6.07) is 0. The normalized spacial score (nSPS) is 14.2. The van der Waals surface area contributed by atoms with Crippen LogP contribution in [-0.4, -0.2) is 22.6 Å². The van der Waals surface area contributed by atoms with Gasteiger partial charge in [-0.25, -0.2) is 0 Å². The number of hydrogen-bond donors (Lipinski definition) is 1. The lowest BCUT2D eigenvalue weighted by molar-refractivity contribution is -0.143. The van der Waals surface area contributed by atoms with E-state index in [0.717, 1.165) is 12.8 Å². The molecule has 1 N–H and O–H groups in total. The van der Waals surface area contributed by atoms with E-state index in [0.29, 0.717) is 18.3 Å². The molecule has 0 saturated heterocycles. The van der Waals surface area contributed by atoms with Gasteiger partial charge in [0.1, 0.15) is 11.6 Å². The van der Waals surface area contributed by atoms with E-state index in [1.54, 1.807) is 19.9 Å². The molecule has 3 unspecified atom stereocenters. The summed E-state index contributed by atoms with van der Waals surface area (Å²) in [6.45, 7) is 15.2. The summed E-state index contributed by atoms with van der Waals surface area (Å²) in [7, 11) is 0. The molecule has 0 rings (SSSR count). The predicted octanol–water partition coefficient (Wildman–Crippen LogP) is 8.47. The van der Waals surface area contributed by atoms with Crippen molar-refractivity contribution in [2.45, 2.75) is 74.7 Å². The molecule has 33 heavy (non-hydrogen) atoms. The molecule has 4 nitrogen and oxygen atoms in total. The number of Topliss-reactive ketones (excluding diaryl/α,β-unsaturated/α-hetero) is 2. The van der Waals surface area contributed by atoms with Crippen molar-refractivity contribution in [3.05, 3.63) is 34.8 Å². The van der Waals surface area contributed by atoms with Gasteiger partial charge in [0.2, 0.25) is 0 Å². The quantitative estimate of drug-likeness (QED) is 0.277. The third-order valence-corrected chi connectivity index (χ3v) is 5.75. The fourth-order valence-electron chi connectivity index (χ4n) is 3.07. The molecule has 3 atom stereocenters. The Morgan fingerprint density at radius 3 is 1.00 bits per heavy atom. The second-order valence-electron chi connectivity index (χ2n) is 8.90. The van der Waals surface area contributed by atoms with Crippen molar-refractivity contribution >= 4 is 52.3 Å². The van der Waals surface area contributed by atoms with Crippen molar-refractivity contribution in [3.8, 4) is 0 Å². The Morgan fingerprint density at radius 1 is 0.606 bits per heavy atom. The number of carboxylic acid groups (broad SMARTS) is 1. The van der Waals surface area contributed by atoms with E-state index in [-0.39, 0.29) is 35.2 Å². The predicted molar refractivity (Wildman–Crippen MR) is 143 cm³/mol. The van der Waals surface area contributed by atoms with Crippen LogP contribution in [0.5, 0.6) is 0 Å². The highest BCUT2D eigenvalue weighted by molar-refractivity contribution is 6.25. The van der Waals surface area contributed by atoms with E-state index in [9.17, 15) is 14.4 Å². The van der Waals surface area contributed by atoms with E-state index in [1.807, 2.05) is 53.7 Å². The average Bonchev–Trinajstić information content (AvgIpc) is 2.68. The molecule has 0 heterocycles. The Balaban J connectivity index is -0.000000409. The lowest BCUT2D eigenvalue weighted by Gasteiger charge is -2.14. The number of allylic oxidation sites excluding steroid dienone is 3. The third kappa shape index (κ3) is 21.2. The van der Waals surface area contributed by atoms with Gasteiger partial charge in [-0.15, -0.1) is 0 Å². The number of carbonyl (C=O) groups excluding carboxylic acids is 2. The number of ketones is 2. The summed E-state index contributed by atoms with van der Waals surface area (Å²) in [5, 5.41) is 8.69. The van der Waals surface area contributed by atoms with Gasteiger partial charge in [-0.1, -0.05) is 94.6 Å². The molecule has 0 amide bonds. The van der Waals surface area contributed by atoms with Crippen LogP contribution in [0.4, 0.5) is 0 Å².